The molecule has 0 bridgehead atoms. The lowest BCUT2D eigenvalue weighted by molar-refractivity contribution is 0.0554. The van der Waals surface area contributed by atoms with Crippen molar-refractivity contribution in [3.63, 3.8) is 0 Å². The number of nitrogens with zero attached hydrogens (tertiary/aromatic N) is 3. The van der Waals surface area contributed by atoms with Gasteiger partial charge in [0.2, 0.25) is 0 Å². The maximum absolute atomic E-state index is 11.1. The predicted molar refractivity (Wildman–Crippen MR) is 100 cm³/mol. The van der Waals surface area contributed by atoms with Gasteiger partial charge >= 0.3 is 0 Å². The van der Waals surface area contributed by atoms with E-state index >= 15 is 0 Å². The molecular formula is C21H25N3O. The number of benzene rings is 2. The van der Waals surface area contributed by atoms with Crippen molar-refractivity contribution >= 4 is 5.71 Å². The number of hydrogen-bond acceptors (Lipinski definition) is 4. The minimum absolute atomic E-state index is 0.127. The number of likely N-dealkylation sites (tertiary alicyclic amines) is 1. The Labute approximate surface area is 149 Å². The molecule has 1 saturated heterocycles. The molecule has 2 aromatic carbocycles. The molecule has 4 heteroatoms. The molecule has 2 unspecified atom stereocenters. The first kappa shape index (κ1) is 16.3. The summed E-state index contributed by atoms with van der Waals surface area (Å²) in [7, 11) is 0. The minimum Gasteiger partial charge on any atom is -0.384 e. The van der Waals surface area contributed by atoms with Crippen molar-refractivity contribution in [1.29, 1.82) is 0 Å². The molecule has 4 nitrogen and oxygen atoms in total. The highest BCUT2D eigenvalue weighted by Gasteiger charge is 2.38. The Morgan fingerprint density at radius 1 is 0.880 bits per heavy atom. The van der Waals surface area contributed by atoms with Gasteiger partial charge in [-0.15, -0.1) is 0 Å². The van der Waals surface area contributed by atoms with Crippen molar-refractivity contribution in [3.8, 4) is 0 Å². The number of aliphatic hydroxyl groups is 1. The van der Waals surface area contributed by atoms with Crippen molar-refractivity contribution in [3.05, 3.63) is 71.8 Å². The highest BCUT2D eigenvalue weighted by molar-refractivity contribution is 6.05. The maximum Gasteiger partial charge on any atom is 0.124 e. The van der Waals surface area contributed by atoms with Gasteiger partial charge in [0, 0.05) is 5.56 Å². The zero-order valence-electron chi connectivity index (χ0n) is 14.5. The van der Waals surface area contributed by atoms with Crippen LogP contribution in [0.15, 0.2) is 65.8 Å². The summed E-state index contributed by atoms with van der Waals surface area (Å²) in [6.07, 6.45) is 3.21. The molecule has 0 radical (unpaired) electrons. The molecule has 0 amide bonds. The average molecular weight is 335 g/mol. The van der Waals surface area contributed by atoms with Gasteiger partial charge in [-0.25, -0.2) is 0 Å². The van der Waals surface area contributed by atoms with E-state index in [4.69, 9.17) is 5.10 Å². The zero-order valence-corrected chi connectivity index (χ0v) is 14.5. The van der Waals surface area contributed by atoms with Crippen molar-refractivity contribution in [1.82, 2.24) is 9.91 Å². The second-order valence-corrected chi connectivity index (χ2v) is 6.91. The minimum atomic E-state index is -0.616. The molecular weight excluding hydrogens is 310 g/mol. The fourth-order valence-corrected chi connectivity index (χ4v) is 3.84. The molecule has 0 saturated carbocycles. The van der Waals surface area contributed by atoms with E-state index in [1.165, 1.54) is 19.3 Å². The molecule has 2 atom stereocenters. The van der Waals surface area contributed by atoms with E-state index in [2.05, 4.69) is 22.0 Å². The third kappa shape index (κ3) is 3.46. The van der Waals surface area contributed by atoms with E-state index < -0.39 is 6.10 Å². The van der Waals surface area contributed by atoms with Crippen molar-refractivity contribution in [2.75, 3.05) is 19.8 Å². The molecule has 25 heavy (non-hydrogen) atoms. The highest BCUT2D eigenvalue weighted by atomic mass is 16.3. The largest absolute Gasteiger partial charge is 0.384 e. The third-order valence-electron chi connectivity index (χ3n) is 5.14. The maximum atomic E-state index is 11.1. The highest BCUT2D eigenvalue weighted by Crippen LogP contribution is 2.33. The van der Waals surface area contributed by atoms with Crippen LogP contribution >= 0.6 is 0 Å². The first-order valence-electron chi connectivity index (χ1n) is 9.19. The average Bonchev–Trinajstić information content (AvgIpc) is 3.00. The number of piperidine rings is 1. The Morgan fingerprint density at radius 2 is 1.52 bits per heavy atom. The molecule has 4 rings (SSSR count). The van der Waals surface area contributed by atoms with Gasteiger partial charge in [0.25, 0.3) is 0 Å². The van der Waals surface area contributed by atoms with Crippen LogP contribution in [0.5, 0.6) is 0 Å². The Hall–Kier alpha value is -2.17. The summed E-state index contributed by atoms with van der Waals surface area (Å²) < 4.78 is 0. The molecule has 2 aliphatic heterocycles. The van der Waals surface area contributed by atoms with Crippen LogP contribution in [0.2, 0.25) is 0 Å². The Morgan fingerprint density at radius 3 is 2.20 bits per heavy atom. The summed E-state index contributed by atoms with van der Waals surface area (Å²) >= 11 is 0. The van der Waals surface area contributed by atoms with Crippen LogP contribution in [0.25, 0.3) is 0 Å². The van der Waals surface area contributed by atoms with Crippen LogP contribution in [0.1, 0.15) is 36.4 Å². The molecule has 0 spiro atoms. The number of hydrazone groups is 1. The van der Waals surface area contributed by atoms with Gasteiger partial charge in [0.1, 0.15) is 12.1 Å². The summed E-state index contributed by atoms with van der Waals surface area (Å²) in [5.74, 6) is 0. The quantitative estimate of drug-likeness (QED) is 0.932. The molecule has 130 valence electrons. The normalized spacial score (nSPS) is 24.4. The van der Waals surface area contributed by atoms with E-state index in [1.54, 1.807) is 0 Å². The monoisotopic (exact) mass is 335 g/mol. The summed E-state index contributed by atoms with van der Waals surface area (Å²) in [4.78, 5) is 2.45. The summed E-state index contributed by atoms with van der Waals surface area (Å²) in [5.41, 5.74) is 2.88. The van der Waals surface area contributed by atoms with Crippen LogP contribution in [0.3, 0.4) is 0 Å². The third-order valence-corrected chi connectivity index (χ3v) is 5.14. The van der Waals surface area contributed by atoms with Crippen LogP contribution in [-0.2, 0) is 0 Å². The first-order chi connectivity index (χ1) is 12.3. The van der Waals surface area contributed by atoms with Crippen molar-refractivity contribution in [2.24, 2.45) is 5.10 Å². The van der Waals surface area contributed by atoms with Crippen LogP contribution in [0, 0.1) is 0 Å². The van der Waals surface area contributed by atoms with Gasteiger partial charge in [-0.2, -0.15) is 5.10 Å². The van der Waals surface area contributed by atoms with E-state index in [1.807, 2.05) is 48.5 Å². The second kappa shape index (κ2) is 7.38. The molecule has 1 fully saturated rings. The molecule has 0 aromatic heterocycles. The second-order valence-electron chi connectivity index (χ2n) is 6.91. The fourth-order valence-electron chi connectivity index (χ4n) is 3.84. The smallest absolute Gasteiger partial charge is 0.124 e. The van der Waals surface area contributed by atoms with E-state index in [-0.39, 0.29) is 6.04 Å². The molecule has 0 aliphatic carbocycles. The van der Waals surface area contributed by atoms with Gasteiger partial charge in [-0.05, 0) is 31.5 Å². The molecule has 2 heterocycles. The van der Waals surface area contributed by atoms with E-state index in [0.717, 1.165) is 36.6 Å². The van der Waals surface area contributed by atoms with Crippen LogP contribution in [0.4, 0.5) is 0 Å². The Bertz CT molecular complexity index is 710. The van der Waals surface area contributed by atoms with Crippen LogP contribution in [-0.4, -0.2) is 46.6 Å². The lowest BCUT2D eigenvalue weighted by atomic mass is 9.96. The zero-order chi connectivity index (χ0) is 17.1. The van der Waals surface area contributed by atoms with Crippen molar-refractivity contribution < 1.29 is 5.11 Å². The standard InChI is InChI=1S/C21H25N3O/c25-21-19(17-10-4-1-5-11-17)22-24(16-23-14-8-3-9-15-23)20(21)18-12-6-2-7-13-18/h1-2,4-7,10-13,20-21,25H,3,8-9,14-16H2. The summed E-state index contributed by atoms with van der Waals surface area (Å²) in [5, 5.41) is 18.0. The predicted octanol–water partition coefficient (Wildman–Crippen LogP) is 3.25. The van der Waals surface area contributed by atoms with E-state index in [0.29, 0.717) is 0 Å². The van der Waals surface area contributed by atoms with Gasteiger partial charge in [-0.1, -0.05) is 67.1 Å². The number of hydrogen-bond donors (Lipinski definition) is 1. The van der Waals surface area contributed by atoms with Gasteiger partial charge in [0.15, 0.2) is 0 Å². The SMILES string of the molecule is OC1C(c2ccccc2)=NN(CN2CCCCC2)C1c1ccccc1. The summed E-state index contributed by atoms with van der Waals surface area (Å²) in [6, 6.07) is 20.1. The lowest BCUT2D eigenvalue weighted by Gasteiger charge is -2.33. The Balaban J connectivity index is 1.64. The first-order valence-corrected chi connectivity index (χ1v) is 9.19. The van der Waals surface area contributed by atoms with Crippen molar-refractivity contribution in [2.45, 2.75) is 31.4 Å². The number of aliphatic hydroxyl groups excluding tert-OH is 1. The number of rotatable bonds is 4. The Kier molecular flexibility index (Phi) is 4.81. The van der Waals surface area contributed by atoms with E-state index in [9.17, 15) is 5.11 Å². The molecule has 2 aromatic rings. The lowest BCUT2D eigenvalue weighted by Crippen LogP contribution is -2.40. The fraction of sp³-hybridized carbons (Fsp3) is 0.381. The van der Waals surface area contributed by atoms with Gasteiger partial charge in [-0.3, -0.25) is 9.91 Å². The topological polar surface area (TPSA) is 39.1 Å². The summed E-state index contributed by atoms with van der Waals surface area (Å²) in [6.45, 7) is 3.00. The van der Waals surface area contributed by atoms with Gasteiger partial charge in [0.05, 0.1) is 12.4 Å². The van der Waals surface area contributed by atoms with Crippen LogP contribution < -0.4 is 0 Å². The molecule has 2 aliphatic rings. The van der Waals surface area contributed by atoms with Gasteiger partial charge < -0.3 is 5.11 Å². The molecule has 1 N–H and O–H groups in total.